The Morgan fingerprint density at radius 1 is 0.839 bits per heavy atom. The lowest BCUT2D eigenvalue weighted by atomic mass is 10.0. The molecule has 0 N–H and O–H groups in total. The van der Waals surface area contributed by atoms with Gasteiger partial charge in [0.05, 0.1) is 24.6 Å². The topological polar surface area (TPSA) is 83.8 Å². The normalized spacial score (nSPS) is 19.7. The second kappa shape index (κ2) is 8.83. The van der Waals surface area contributed by atoms with Crippen molar-refractivity contribution in [3.63, 3.8) is 0 Å². The maximum Gasteiger partial charge on any atom is 0.284 e. The number of hydrogen-bond donors (Lipinski definition) is 0. The Balaban J connectivity index is 1.70. The van der Waals surface area contributed by atoms with Crippen molar-refractivity contribution < 1.29 is 19.1 Å². The Morgan fingerprint density at radius 2 is 1.42 bits per heavy atom. The summed E-state index contributed by atoms with van der Waals surface area (Å²) in [4.78, 5) is 26.3. The van der Waals surface area contributed by atoms with Crippen LogP contribution in [-0.2, 0) is 19.1 Å². The molecule has 0 saturated carbocycles. The van der Waals surface area contributed by atoms with Crippen LogP contribution in [0.1, 0.15) is 13.8 Å². The van der Waals surface area contributed by atoms with Gasteiger partial charge in [0.2, 0.25) is 11.8 Å². The molecule has 2 aromatic carbocycles. The lowest BCUT2D eigenvalue weighted by Gasteiger charge is -2.13. The van der Waals surface area contributed by atoms with E-state index in [1.54, 1.807) is 31.2 Å². The molecule has 1 atom stereocenters. The summed E-state index contributed by atoms with van der Waals surface area (Å²) in [6, 6.07) is 18.1. The van der Waals surface area contributed by atoms with Crippen molar-refractivity contribution in [1.82, 2.24) is 0 Å². The summed E-state index contributed by atoms with van der Waals surface area (Å²) in [7, 11) is 0. The third-order valence-corrected chi connectivity index (χ3v) is 4.69. The summed E-state index contributed by atoms with van der Waals surface area (Å²) < 4.78 is 11.2. The maximum absolute atomic E-state index is 13.2. The van der Waals surface area contributed by atoms with Gasteiger partial charge >= 0.3 is 0 Å². The second-order valence-electron chi connectivity index (χ2n) is 6.71. The molecule has 2 aromatic rings. The highest BCUT2D eigenvalue weighted by molar-refractivity contribution is 6.29. The van der Waals surface area contributed by atoms with Crippen molar-refractivity contribution in [3.8, 4) is 0 Å². The average molecular weight is 418 g/mol. The van der Waals surface area contributed by atoms with Gasteiger partial charge in [-0.1, -0.05) is 36.4 Å². The van der Waals surface area contributed by atoms with Crippen LogP contribution in [0.5, 0.6) is 0 Å². The van der Waals surface area contributed by atoms with Gasteiger partial charge in [-0.15, -0.1) is 10.2 Å². The summed E-state index contributed by atoms with van der Waals surface area (Å²) in [6.07, 6.45) is 1.53. The molecule has 2 amide bonds. The summed E-state index contributed by atoms with van der Waals surface area (Å²) >= 11 is 0. The van der Waals surface area contributed by atoms with E-state index in [-0.39, 0.29) is 29.2 Å². The zero-order valence-electron chi connectivity index (χ0n) is 17.3. The molecule has 0 radical (unpaired) electrons. The first kappa shape index (κ1) is 20.3. The van der Waals surface area contributed by atoms with Crippen LogP contribution in [-0.4, -0.2) is 36.8 Å². The standard InChI is InChI=1S/C23H22N4O4/c1-3-30-20-18(22(28)26(24-20)16-11-7-5-8-12-16)15-19-21(31-4-2)25-27(23(19)29)17-13-9-6-10-14-17/h5-15,18H,3-4H2,1-2H3/b19-15+. The van der Waals surface area contributed by atoms with E-state index in [0.717, 1.165) is 0 Å². The molecule has 0 aliphatic carbocycles. The SMILES string of the molecule is CCOC1=NN(c2ccccc2)C(=O)/C1=C/C1C(=O)N(c2ccccc2)N=C1OCC. The van der Waals surface area contributed by atoms with Gasteiger partial charge < -0.3 is 9.47 Å². The molecule has 0 aromatic heterocycles. The fraction of sp³-hybridized carbons (Fsp3) is 0.217. The minimum absolute atomic E-state index is 0.165. The van der Waals surface area contributed by atoms with Crippen LogP contribution in [0.2, 0.25) is 0 Å². The van der Waals surface area contributed by atoms with E-state index in [2.05, 4.69) is 10.2 Å². The zero-order valence-corrected chi connectivity index (χ0v) is 17.3. The fourth-order valence-corrected chi connectivity index (χ4v) is 3.30. The van der Waals surface area contributed by atoms with Crippen LogP contribution in [0.4, 0.5) is 11.4 Å². The van der Waals surface area contributed by atoms with Crippen LogP contribution in [0.3, 0.4) is 0 Å². The molecule has 8 heteroatoms. The Bertz CT molecular complexity index is 1060. The molecule has 0 spiro atoms. The maximum atomic E-state index is 13.2. The van der Waals surface area contributed by atoms with Crippen LogP contribution in [0.15, 0.2) is 82.5 Å². The molecule has 2 aliphatic rings. The fourth-order valence-electron chi connectivity index (χ4n) is 3.30. The highest BCUT2D eigenvalue weighted by Crippen LogP contribution is 2.29. The highest BCUT2D eigenvalue weighted by Gasteiger charge is 2.41. The minimum Gasteiger partial charge on any atom is -0.479 e. The van der Waals surface area contributed by atoms with Crippen LogP contribution < -0.4 is 10.0 Å². The van der Waals surface area contributed by atoms with E-state index in [1.807, 2.05) is 43.3 Å². The van der Waals surface area contributed by atoms with Crippen molar-refractivity contribution in [2.24, 2.45) is 16.1 Å². The van der Waals surface area contributed by atoms with Crippen molar-refractivity contribution >= 4 is 35.0 Å². The van der Waals surface area contributed by atoms with E-state index >= 15 is 0 Å². The Labute approximate surface area is 180 Å². The zero-order chi connectivity index (χ0) is 21.8. The van der Waals surface area contributed by atoms with Crippen molar-refractivity contribution in [3.05, 3.63) is 72.3 Å². The first-order valence-corrected chi connectivity index (χ1v) is 10.1. The van der Waals surface area contributed by atoms with Gasteiger partial charge in [-0.3, -0.25) is 9.59 Å². The first-order chi connectivity index (χ1) is 15.1. The van der Waals surface area contributed by atoms with E-state index in [0.29, 0.717) is 24.6 Å². The van der Waals surface area contributed by atoms with Gasteiger partial charge in [-0.2, -0.15) is 10.0 Å². The Morgan fingerprint density at radius 3 is 2.00 bits per heavy atom. The third kappa shape index (κ3) is 3.92. The number of hydrogen-bond acceptors (Lipinski definition) is 6. The van der Waals surface area contributed by atoms with Gasteiger partial charge in [-0.25, -0.2) is 0 Å². The van der Waals surface area contributed by atoms with Crippen molar-refractivity contribution in [1.29, 1.82) is 0 Å². The number of hydrazone groups is 2. The molecule has 1 unspecified atom stereocenters. The van der Waals surface area contributed by atoms with Gasteiger partial charge in [-0.05, 0) is 44.2 Å². The molecular formula is C23H22N4O4. The number of nitrogens with zero attached hydrogens (tertiary/aromatic N) is 4. The highest BCUT2D eigenvalue weighted by atomic mass is 16.5. The first-order valence-electron chi connectivity index (χ1n) is 10.1. The average Bonchev–Trinajstić information content (AvgIpc) is 3.27. The number of para-hydroxylation sites is 2. The molecule has 2 heterocycles. The van der Waals surface area contributed by atoms with Crippen LogP contribution in [0.25, 0.3) is 0 Å². The summed E-state index contributed by atoms with van der Waals surface area (Å²) in [5, 5.41) is 11.2. The molecule has 0 fully saturated rings. The minimum atomic E-state index is -0.861. The monoisotopic (exact) mass is 418 g/mol. The smallest absolute Gasteiger partial charge is 0.284 e. The molecule has 0 saturated heterocycles. The number of amides is 2. The molecular weight excluding hydrogens is 396 g/mol. The lowest BCUT2D eigenvalue weighted by molar-refractivity contribution is -0.118. The number of anilines is 2. The third-order valence-electron chi connectivity index (χ3n) is 4.69. The van der Waals surface area contributed by atoms with E-state index < -0.39 is 5.92 Å². The predicted octanol–water partition coefficient (Wildman–Crippen LogP) is 3.32. The summed E-state index contributed by atoms with van der Waals surface area (Å²) in [5.74, 6) is -1.16. The number of benzene rings is 2. The number of rotatable bonds is 5. The van der Waals surface area contributed by atoms with E-state index in [1.165, 1.54) is 16.1 Å². The van der Waals surface area contributed by atoms with E-state index in [9.17, 15) is 9.59 Å². The van der Waals surface area contributed by atoms with Gasteiger partial charge in [0, 0.05) is 0 Å². The van der Waals surface area contributed by atoms with Crippen molar-refractivity contribution in [2.75, 3.05) is 23.2 Å². The van der Waals surface area contributed by atoms with Crippen LogP contribution >= 0.6 is 0 Å². The van der Waals surface area contributed by atoms with Crippen molar-refractivity contribution in [2.45, 2.75) is 13.8 Å². The molecule has 4 rings (SSSR count). The van der Waals surface area contributed by atoms with E-state index in [4.69, 9.17) is 9.47 Å². The molecule has 0 bridgehead atoms. The Kier molecular flexibility index (Phi) is 5.79. The van der Waals surface area contributed by atoms with Gasteiger partial charge in [0.1, 0.15) is 11.5 Å². The number of ether oxygens (including phenoxy) is 2. The predicted molar refractivity (Wildman–Crippen MR) is 118 cm³/mol. The Hall–Kier alpha value is -3.94. The molecule has 8 nitrogen and oxygen atoms in total. The lowest BCUT2D eigenvalue weighted by Crippen LogP contribution is -2.29. The van der Waals surface area contributed by atoms with Crippen LogP contribution in [0, 0.1) is 5.92 Å². The molecule has 31 heavy (non-hydrogen) atoms. The number of carbonyl (C=O) groups is 2. The summed E-state index contributed by atoms with van der Waals surface area (Å²) in [5.41, 5.74) is 1.43. The number of carbonyl (C=O) groups excluding carboxylic acids is 2. The van der Waals surface area contributed by atoms with Gasteiger partial charge in [0.25, 0.3) is 11.8 Å². The largest absolute Gasteiger partial charge is 0.479 e. The van der Waals surface area contributed by atoms with Gasteiger partial charge in [0.15, 0.2) is 0 Å². The molecule has 2 aliphatic heterocycles. The second-order valence-corrected chi connectivity index (χ2v) is 6.71. The quantitative estimate of drug-likeness (QED) is 0.698. The molecule has 158 valence electrons. The summed E-state index contributed by atoms with van der Waals surface area (Å²) in [6.45, 7) is 4.28.